The van der Waals surface area contributed by atoms with E-state index in [9.17, 15) is 9.59 Å². The van der Waals surface area contributed by atoms with E-state index in [0.717, 1.165) is 51.4 Å². The van der Waals surface area contributed by atoms with Gasteiger partial charge < -0.3 is 24.0 Å². The van der Waals surface area contributed by atoms with Crippen LogP contribution in [-0.4, -0.2) is 85.4 Å². The molecule has 4 rings (SSSR count). The van der Waals surface area contributed by atoms with E-state index in [2.05, 4.69) is 9.80 Å². The third kappa shape index (κ3) is 9.43. The standard InChI is InChI=1S/C32H56N2O5/c1-37-30(22-38-24-31(35)33(26-14-6-2-7-15-26)27-16-8-3-9-17-27)23-39-25-32(36)34(28-18-10-4-11-19-28)29-20-12-5-13-21-29/h26-30H,2-25H2,1H3. The highest BCUT2D eigenvalue weighted by molar-refractivity contribution is 5.78. The first-order valence-electron chi connectivity index (χ1n) is 16.5. The number of amides is 2. The summed E-state index contributed by atoms with van der Waals surface area (Å²) in [5, 5.41) is 0. The van der Waals surface area contributed by atoms with E-state index in [1.807, 2.05) is 0 Å². The summed E-state index contributed by atoms with van der Waals surface area (Å²) in [6.45, 7) is 0.801. The topological polar surface area (TPSA) is 68.3 Å². The van der Waals surface area contributed by atoms with Crippen LogP contribution in [0.2, 0.25) is 0 Å². The van der Waals surface area contributed by atoms with Gasteiger partial charge in [0.1, 0.15) is 19.3 Å². The molecule has 224 valence electrons. The smallest absolute Gasteiger partial charge is 0.249 e. The first-order chi connectivity index (χ1) is 19.2. The van der Waals surface area contributed by atoms with Gasteiger partial charge in [0.15, 0.2) is 0 Å². The van der Waals surface area contributed by atoms with Gasteiger partial charge in [-0.1, -0.05) is 77.0 Å². The maximum Gasteiger partial charge on any atom is 0.249 e. The second-order valence-corrected chi connectivity index (χ2v) is 12.7. The van der Waals surface area contributed by atoms with Crippen molar-refractivity contribution in [3.8, 4) is 0 Å². The lowest BCUT2D eigenvalue weighted by Crippen LogP contribution is -2.50. The van der Waals surface area contributed by atoms with Gasteiger partial charge in [-0.05, 0) is 51.4 Å². The Hall–Kier alpha value is -1.18. The molecule has 4 saturated carbocycles. The number of rotatable bonds is 13. The lowest BCUT2D eigenvalue weighted by Gasteiger charge is -2.42. The highest BCUT2D eigenvalue weighted by Crippen LogP contribution is 2.31. The summed E-state index contributed by atoms with van der Waals surface area (Å²) in [6.07, 6.45) is 23.7. The van der Waals surface area contributed by atoms with E-state index in [-0.39, 0.29) is 31.1 Å². The fourth-order valence-electron chi connectivity index (χ4n) is 7.74. The Morgan fingerprint density at radius 1 is 0.538 bits per heavy atom. The number of carbonyl (C=O) groups excluding carboxylic acids is 2. The first-order valence-corrected chi connectivity index (χ1v) is 16.5. The Labute approximate surface area is 237 Å². The molecule has 4 aliphatic rings. The zero-order valence-corrected chi connectivity index (χ0v) is 24.8. The predicted molar refractivity (Wildman–Crippen MR) is 154 cm³/mol. The third-order valence-corrected chi connectivity index (χ3v) is 9.84. The fraction of sp³-hybridized carbons (Fsp3) is 0.938. The van der Waals surface area contributed by atoms with Crippen molar-refractivity contribution in [2.24, 2.45) is 0 Å². The molecule has 4 aliphatic carbocycles. The van der Waals surface area contributed by atoms with Crippen molar-refractivity contribution >= 4 is 11.8 Å². The summed E-state index contributed by atoms with van der Waals surface area (Å²) in [6, 6.07) is 1.51. The van der Waals surface area contributed by atoms with Crippen LogP contribution in [0.15, 0.2) is 0 Å². The van der Waals surface area contributed by atoms with Gasteiger partial charge >= 0.3 is 0 Å². The molecule has 0 aromatic carbocycles. The van der Waals surface area contributed by atoms with Crippen LogP contribution in [-0.2, 0) is 23.8 Å². The molecular weight excluding hydrogens is 492 g/mol. The zero-order valence-electron chi connectivity index (χ0n) is 24.8. The van der Waals surface area contributed by atoms with E-state index < -0.39 is 0 Å². The Bertz CT molecular complexity index is 615. The number of methoxy groups -OCH3 is 1. The fourth-order valence-corrected chi connectivity index (χ4v) is 7.74. The summed E-state index contributed by atoms with van der Waals surface area (Å²) >= 11 is 0. The van der Waals surface area contributed by atoms with Crippen LogP contribution in [0.5, 0.6) is 0 Å². The summed E-state index contributed by atoms with van der Waals surface area (Å²) in [7, 11) is 1.65. The molecule has 0 aromatic heterocycles. The first kappa shape index (κ1) is 30.8. The average Bonchev–Trinajstić information content (AvgIpc) is 2.99. The molecule has 7 nitrogen and oxygen atoms in total. The molecule has 0 unspecified atom stereocenters. The molecule has 0 saturated heterocycles. The number of ether oxygens (including phenoxy) is 3. The number of hydrogen-bond acceptors (Lipinski definition) is 5. The third-order valence-electron chi connectivity index (χ3n) is 9.84. The molecule has 39 heavy (non-hydrogen) atoms. The maximum absolute atomic E-state index is 13.4. The van der Waals surface area contributed by atoms with Crippen molar-refractivity contribution in [3.63, 3.8) is 0 Å². The minimum Gasteiger partial charge on any atom is -0.377 e. The van der Waals surface area contributed by atoms with Crippen LogP contribution >= 0.6 is 0 Å². The highest BCUT2D eigenvalue weighted by Gasteiger charge is 2.34. The quantitative estimate of drug-likeness (QED) is 0.281. The van der Waals surface area contributed by atoms with Crippen molar-refractivity contribution in [2.45, 2.75) is 159 Å². The Kier molecular flexibility index (Phi) is 13.4. The van der Waals surface area contributed by atoms with Crippen LogP contribution in [0.1, 0.15) is 128 Å². The van der Waals surface area contributed by atoms with Crippen molar-refractivity contribution < 1.29 is 23.8 Å². The Morgan fingerprint density at radius 3 is 1.08 bits per heavy atom. The van der Waals surface area contributed by atoms with Gasteiger partial charge in [-0.15, -0.1) is 0 Å². The molecule has 0 heterocycles. The highest BCUT2D eigenvalue weighted by atomic mass is 16.6. The number of carbonyl (C=O) groups is 2. The molecule has 2 amide bonds. The second kappa shape index (κ2) is 16.9. The van der Waals surface area contributed by atoms with Crippen molar-refractivity contribution in [1.82, 2.24) is 9.80 Å². The molecule has 7 heteroatoms. The van der Waals surface area contributed by atoms with Crippen LogP contribution in [0.25, 0.3) is 0 Å². The van der Waals surface area contributed by atoms with Gasteiger partial charge in [0.2, 0.25) is 11.8 Å². The number of hydrogen-bond donors (Lipinski definition) is 0. The number of nitrogens with zero attached hydrogens (tertiary/aromatic N) is 2. The van der Waals surface area contributed by atoms with Gasteiger partial charge in [-0.3, -0.25) is 9.59 Å². The molecule has 0 N–H and O–H groups in total. The lowest BCUT2D eigenvalue weighted by atomic mass is 9.88. The van der Waals surface area contributed by atoms with Crippen LogP contribution in [0, 0.1) is 0 Å². The lowest BCUT2D eigenvalue weighted by molar-refractivity contribution is -0.146. The van der Waals surface area contributed by atoms with Crippen LogP contribution < -0.4 is 0 Å². The van der Waals surface area contributed by atoms with E-state index >= 15 is 0 Å². The van der Waals surface area contributed by atoms with E-state index in [0.29, 0.717) is 37.4 Å². The zero-order chi connectivity index (χ0) is 27.3. The summed E-state index contributed by atoms with van der Waals surface area (Å²) in [4.78, 5) is 31.2. The molecule has 0 atom stereocenters. The molecule has 0 aromatic rings. The normalized spacial score (nSPS) is 22.7. The van der Waals surface area contributed by atoms with Gasteiger partial charge in [-0.25, -0.2) is 0 Å². The largest absolute Gasteiger partial charge is 0.377 e. The summed E-state index contributed by atoms with van der Waals surface area (Å²) < 4.78 is 17.4. The maximum atomic E-state index is 13.4. The van der Waals surface area contributed by atoms with Crippen LogP contribution in [0.4, 0.5) is 0 Å². The monoisotopic (exact) mass is 548 g/mol. The van der Waals surface area contributed by atoms with Crippen molar-refractivity contribution in [2.75, 3.05) is 33.5 Å². The SMILES string of the molecule is COC(COCC(=O)N(C1CCCCC1)C1CCCCC1)COCC(=O)N(C1CCCCC1)C1CCCCC1. The molecule has 0 bridgehead atoms. The van der Waals surface area contributed by atoms with Crippen molar-refractivity contribution in [1.29, 1.82) is 0 Å². The van der Waals surface area contributed by atoms with Gasteiger partial charge in [0.05, 0.1) is 13.2 Å². The minimum absolute atomic E-state index is 0.100. The molecule has 4 fully saturated rings. The predicted octanol–water partition coefficient (Wildman–Crippen LogP) is 6.02. The average molecular weight is 549 g/mol. The van der Waals surface area contributed by atoms with E-state index in [1.54, 1.807) is 7.11 Å². The minimum atomic E-state index is -0.291. The van der Waals surface area contributed by atoms with Gasteiger partial charge in [0, 0.05) is 31.3 Å². The van der Waals surface area contributed by atoms with Gasteiger partial charge in [0.25, 0.3) is 0 Å². The summed E-state index contributed by atoms with van der Waals surface area (Å²) in [5.74, 6) is 0.269. The molecule has 0 radical (unpaired) electrons. The molecule has 0 spiro atoms. The molecular formula is C32H56N2O5. The summed E-state index contributed by atoms with van der Waals surface area (Å²) in [5.41, 5.74) is 0. The van der Waals surface area contributed by atoms with Crippen molar-refractivity contribution in [3.05, 3.63) is 0 Å². The van der Waals surface area contributed by atoms with E-state index in [1.165, 1.54) is 77.0 Å². The van der Waals surface area contributed by atoms with Gasteiger partial charge in [-0.2, -0.15) is 0 Å². The van der Waals surface area contributed by atoms with Crippen LogP contribution in [0.3, 0.4) is 0 Å². The Morgan fingerprint density at radius 2 is 0.821 bits per heavy atom. The molecule has 0 aliphatic heterocycles. The second-order valence-electron chi connectivity index (χ2n) is 12.7. The Balaban J connectivity index is 1.22. The van der Waals surface area contributed by atoms with E-state index in [4.69, 9.17) is 14.2 Å².